The van der Waals surface area contributed by atoms with Crippen molar-refractivity contribution in [2.24, 2.45) is 0 Å². The van der Waals surface area contributed by atoms with E-state index in [9.17, 15) is 9.59 Å². The van der Waals surface area contributed by atoms with Gasteiger partial charge in [-0.3, -0.25) is 4.79 Å². The number of aromatic nitrogens is 4. The lowest BCUT2D eigenvalue weighted by atomic mass is 10.1. The zero-order valence-corrected chi connectivity index (χ0v) is 19.5. The number of thioether (sulfide) groups is 1. The average Bonchev–Trinajstić information content (AvgIpc) is 3.45. The highest BCUT2D eigenvalue weighted by molar-refractivity contribution is 7.99. The number of nitrogens with one attached hydrogen (secondary N) is 1. The Bertz CT molecular complexity index is 1250. The molecule has 0 bridgehead atoms. The maximum atomic E-state index is 12.6. The number of rotatable bonds is 7. The molecule has 8 nitrogen and oxygen atoms in total. The maximum Gasteiger partial charge on any atom is 0.341 e. The minimum atomic E-state index is -0.450. The highest BCUT2D eigenvalue weighted by atomic mass is 32.2. The fourth-order valence-electron chi connectivity index (χ4n) is 2.97. The van der Waals surface area contributed by atoms with Crippen LogP contribution in [0.4, 0.5) is 5.00 Å². The maximum absolute atomic E-state index is 12.6. The molecule has 0 aliphatic carbocycles. The van der Waals surface area contributed by atoms with Crippen molar-refractivity contribution in [3.63, 3.8) is 0 Å². The smallest absolute Gasteiger partial charge is 0.341 e. The SMILES string of the molecule is CCOC(=O)c1c(-c2cccs2)csc1NC(=O)CSc1nc2nc(C)cc(C)n2n1. The lowest BCUT2D eigenvalue weighted by Crippen LogP contribution is -2.16. The second kappa shape index (κ2) is 9.16. The monoisotopic (exact) mass is 473 g/mol. The van der Waals surface area contributed by atoms with Gasteiger partial charge in [-0.05, 0) is 38.3 Å². The van der Waals surface area contributed by atoms with Crippen molar-refractivity contribution in [1.29, 1.82) is 0 Å². The normalized spacial score (nSPS) is 11.1. The van der Waals surface area contributed by atoms with Gasteiger partial charge in [-0.25, -0.2) is 14.3 Å². The molecule has 1 N–H and O–H groups in total. The number of hydrogen-bond acceptors (Lipinski definition) is 9. The summed E-state index contributed by atoms with van der Waals surface area (Å²) >= 11 is 4.04. The summed E-state index contributed by atoms with van der Waals surface area (Å²) in [6, 6.07) is 5.77. The highest BCUT2D eigenvalue weighted by Crippen LogP contribution is 2.38. The van der Waals surface area contributed by atoms with Crippen LogP contribution in [0, 0.1) is 13.8 Å². The van der Waals surface area contributed by atoms with E-state index in [0.29, 0.717) is 21.5 Å². The predicted octanol–water partition coefficient (Wildman–Crippen LogP) is 4.44. The third-order valence-corrected chi connectivity index (χ3v) is 6.88. The van der Waals surface area contributed by atoms with Crippen LogP contribution in [-0.4, -0.2) is 43.8 Å². The third kappa shape index (κ3) is 4.63. The molecule has 0 unspecified atom stereocenters. The number of fused-ring (bicyclic) bond motifs is 1. The van der Waals surface area contributed by atoms with Gasteiger partial charge in [-0.15, -0.1) is 27.8 Å². The summed E-state index contributed by atoms with van der Waals surface area (Å²) in [5.41, 5.74) is 2.93. The van der Waals surface area contributed by atoms with Gasteiger partial charge in [0, 0.05) is 27.2 Å². The molecular formula is C20H19N5O3S3. The summed E-state index contributed by atoms with van der Waals surface area (Å²) < 4.78 is 6.87. The molecule has 0 fully saturated rings. The number of nitrogens with zero attached hydrogens (tertiary/aromatic N) is 4. The van der Waals surface area contributed by atoms with Gasteiger partial charge in [0.25, 0.3) is 5.78 Å². The Kier molecular flexibility index (Phi) is 6.35. The summed E-state index contributed by atoms with van der Waals surface area (Å²) in [5, 5.41) is 12.0. The second-order valence-corrected chi connectivity index (χ2v) is 9.30. The molecule has 11 heteroatoms. The van der Waals surface area contributed by atoms with E-state index in [2.05, 4.69) is 20.4 Å². The summed E-state index contributed by atoms with van der Waals surface area (Å²) in [6.45, 7) is 5.84. The van der Waals surface area contributed by atoms with Crippen LogP contribution < -0.4 is 5.32 Å². The number of hydrogen-bond donors (Lipinski definition) is 1. The van der Waals surface area contributed by atoms with Gasteiger partial charge in [0.05, 0.1) is 12.4 Å². The standard InChI is InChI=1S/C20H19N5O3S3/c1-4-28-18(27)16-13(14-6-5-7-29-14)9-30-17(16)22-15(26)10-31-20-23-19-21-11(2)8-12(3)25(19)24-20/h5-9H,4,10H2,1-3H3,(H,22,26). The van der Waals surface area contributed by atoms with Crippen molar-refractivity contribution in [3.8, 4) is 10.4 Å². The molecule has 4 rings (SSSR count). The van der Waals surface area contributed by atoms with Gasteiger partial charge < -0.3 is 10.1 Å². The van der Waals surface area contributed by atoms with E-state index in [1.54, 1.807) is 11.4 Å². The number of thiophene rings is 2. The van der Waals surface area contributed by atoms with Gasteiger partial charge >= 0.3 is 5.97 Å². The number of anilines is 1. The zero-order valence-electron chi connectivity index (χ0n) is 17.0. The fraction of sp³-hybridized carbons (Fsp3) is 0.250. The van der Waals surface area contributed by atoms with E-state index in [-0.39, 0.29) is 18.3 Å². The van der Waals surface area contributed by atoms with Crippen molar-refractivity contribution >= 4 is 57.1 Å². The molecule has 0 aromatic carbocycles. The summed E-state index contributed by atoms with van der Waals surface area (Å²) in [7, 11) is 0. The first-order valence-corrected chi connectivity index (χ1v) is 12.2. The number of carbonyl (C=O) groups excluding carboxylic acids is 2. The number of carbonyl (C=O) groups is 2. The molecule has 0 spiro atoms. The molecule has 0 saturated carbocycles. The molecule has 4 heterocycles. The van der Waals surface area contributed by atoms with Gasteiger partial charge in [-0.1, -0.05) is 17.8 Å². The highest BCUT2D eigenvalue weighted by Gasteiger charge is 2.23. The van der Waals surface area contributed by atoms with E-state index in [4.69, 9.17) is 4.74 Å². The van der Waals surface area contributed by atoms with Crippen LogP contribution in [0.3, 0.4) is 0 Å². The Morgan fingerprint density at radius 3 is 2.84 bits per heavy atom. The summed E-state index contributed by atoms with van der Waals surface area (Å²) in [4.78, 5) is 34.8. The lowest BCUT2D eigenvalue weighted by Gasteiger charge is -2.07. The molecule has 0 saturated heterocycles. The first kappa shape index (κ1) is 21.5. The van der Waals surface area contributed by atoms with Crippen LogP contribution >= 0.6 is 34.4 Å². The van der Waals surface area contributed by atoms with Gasteiger partial charge in [0.1, 0.15) is 10.6 Å². The number of esters is 1. The van der Waals surface area contributed by atoms with Crippen molar-refractivity contribution in [1.82, 2.24) is 19.6 Å². The molecule has 4 aromatic rings. The topological polar surface area (TPSA) is 98.5 Å². The van der Waals surface area contributed by atoms with Gasteiger partial charge in [0.2, 0.25) is 11.1 Å². The minimum absolute atomic E-state index is 0.101. The molecule has 160 valence electrons. The van der Waals surface area contributed by atoms with Crippen molar-refractivity contribution in [3.05, 3.63) is 45.9 Å². The van der Waals surface area contributed by atoms with Crippen molar-refractivity contribution in [2.45, 2.75) is 25.9 Å². The Hall–Kier alpha value is -2.76. The molecular weight excluding hydrogens is 454 g/mol. The number of ether oxygens (including phenoxy) is 1. The van der Waals surface area contributed by atoms with E-state index in [0.717, 1.165) is 21.8 Å². The van der Waals surface area contributed by atoms with Crippen LogP contribution in [-0.2, 0) is 9.53 Å². The first-order valence-electron chi connectivity index (χ1n) is 9.42. The third-order valence-electron chi connectivity index (χ3n) is 4.24. The van der Waals surface area contributed by atoms with Crippen LogP contribution in [0.15, 0.2) is 34.1 Å². The quantitative estimate of drug-likeness (QED) is 0.313. The Labute approximate surface area is 190 Å². The Morgan fingerprint density at radius 1 is 1.26 bits per heavy atom. The summed E-state index contributed by atoms with van der Waals surface area (Å²) in [5.74, 6) is -0.101. The van der Waals surface area contributed by atoms with E-state index in [1.165, 1.54) is 34.4 Å². The number of aryl methyl sites for hydroxylation is 2. The molecule has 4 aromatic heterocycles. The molecule has 0 aliphatic rings. The summed E-state index contributed by atoms with van der Waals surface area (Å²) in [6.07, 6.45) is 0. The van der Waals surface area contributed by atoms with Crippen molar-refractivity contribution in [2.75, 3.05) is 17.7 Å². The van der Waals surface area contributed by atoms with Crippen LogP contribution in [0.25, 0.3) is 16.2 Å². The molecule has 0 radical (unpaired) electrons. The average molecular weight is 474 g/mol. The molecule has 31 heavy (non-hydrogen) atoms. The van der Waals surface area contributed by atoms with Crippen molar-refractivity contribution < 1.29 is 14.3 Å². The minimum Gasteiger partial charge on any atom is -0.462 e. The van der Waals surface area contributed by atoms with E-state index < -0.39 is 5.97 Å². The largest absolute Gasteiger partial charge is 0.462 e. The molecule has 0 atom stereocenters. The van der Waals surface area contributed by atoms with Crippen LogP contribution in [0.2, 0.25) is 0 Å². The van der Waals surface area contributed by atoms with Gasteiger partial charge in [0.15, 0.2) is 0 Å². The molecule has 1 amide bonds. The van der Waals surface area contributed by atoms with Crippen LogP contribution in [0.5, 0.6) is 0 Å². The number of amides is 1. The van der Waals surface area contributed by atoms with E-state index in [1.807, 2.05) is 42.8 Å². The Morgan fingerprint density at radius 2 is 2.10 bits per heavy atom. The van der Waals surface area contributed by atoms with Gasteiger partial charge in [-0.2, -0.15) is 4.98 Å². The zero-order chi connectivity index (χ0) is 22.0. The fourth-order valence-corrected chi connectivity index (χ4v) is 5.38. The Balaban J connectivity index is 1.50. The lowest BCUT2D eigenvalue weighted by molar-refractivity contribution is -0.113. The predicted molar refractivity (Wildman–Crippen MR) is 123 cm³/mol. The second-order valence-electron chi connectivity index (χ2n) is 6.53. The van der Waals surface area contributed by atoms with Crippen LogP contribution in [0.1, 0.15) is 28.7 Å². The molecule has 0 aliphatic heterocycles. The first-order chi connectivity index (χ1) is 15.0. The van der Waals surface area contributed by atoms with E-state index >= 15 is 0 Å².